The Morgan fingerprint density at radius 2 is 1.76 bits per heavy atom. The highest BCUT2D eigenvalue weighted by Crippen LogP contribution is 2.27. The summed E-state index contributed by atoms with van der Waals surface area (Å²) < 4.78 is 0. The summed E-state index contributed by atoms with van der Waals surface area (Å²) >= 11 is 0. The third-order valence-corrected chi connectivity index (χ3v) is 5.39. The Balaban J connectivity index is 1.69. The number of hydrogen-bond acceptors (Lipinski definition) is 5. The molecule has 2 heterocycles. The molecule has 1 aromatic heterocycles. The zero-order valence-corrected chi connectivity index (χ0v) is 16.9. The Labute approximate surface area is 171 Å². The molecule has 0 spiro atoms. The molecule has 0 bridgehead atoms. The predicted octanol–water partition coefficient (Wildman–Crippen LogP) is 5.33. The van der Waals surface area contributed by atoms with Crippen molar-refractivity contribution < 1.29 is 4.79 Å². The van der Waals surface area contributed by atoms with Gasteiger partial charge in [0.15, 0.2) is 5.78 Å². The minimum Gasteiger partial charge on any atom is -0.341 e. The minimum atomic E-state index is 0.0458. The van der Waals surface area contributed by atoms with Crippen LogP contribution in [0.5, 0.6) is 0 Å². The number of anilines is 3. The number of ketones is 1. The molecule has 0 amide bonds. The summed E-state index contributed by atoms with van der Waals surface area (Å²) in [7, 11) is 0. The number of piperidine rings is 1. The minimum absolute atomic E-state index is 0.0458. The Bertz CT molecular complexity index is 995. The maximum Gasteiger partial charge on any atom is 0.227 e. The van der Waals surface area contributed by atoms with Gasteiger partial charge in [-0.2, -0.15) is 4.98 Å². The molecule has 5 heteroatoms. The van der Waals surface area contributed by atoms with Gasteiger partial charge in [0, 0.05) is 36.0 Å². The van der Waals surface area contributed by atoms with Gasteiger partial charge in [0.25, 0.3) is 0 Å². The zero-order valence-electron chi connectivity index (χ0n) is 16.9. The van der Waals surface area contributed by atoms with Gasteiger partial charge in [-0.05, 0) is 37.8 Å². The number of aromatic nitrogens is 2. The second-order valence-corrected chi connectivity index (χ2v) is 7.74. The lowest BCUT2D eigenvalue weighted by Crippen LogP contribution is -2.34. The van der Waals surface area contributed by atoms with Crippen LogP contribution < -0.4 is 10.2 Å². The molecule has 1 aliphatic heterocycles. The topological polar surface area (TPSA) is 58.1 Å². The molecule has 0 aliphatic carbocycles. The first-order valence-corrected chi connectivity index (χ1v) is 10.2. The van der Waals surface area contributed by atoms with Crippen molar-refractivity contribution in [3.8, 4) is 11.3 Å². The molecular weight excluding hydrogens is 360 g/mol. The van der Waals surface area contributed by atoms with Crippen molar-refractivity contribution in [2.75, 3.05) is 23.3 Å². The maximum absolute atomic E-state index is 11.7. The average Bonchev–Trinajstić information content (AvgIpc) is 2.75. The number of benzene rings is 2. The molecular formula is C24H26N4O. The van der Waals surface area contributed by atoms with Gasteiger partial charge in [0.1, 0.15) is 5.82 Å². The molecule has 2 aromatic carbocycles. The summed E-state index contributed by atoms with van der Waals surface area (Å²) in [4.78, 5) is 23.6. The molecule has 1 fully saturated rings. The van der Waals surface area contributed by atoms with Gasteiger partial charge in [0.05, 0.1) is 5.69 Å². The SMILES string of the molecule is CC(=O)c1cccc(Nc2cc(-c3ccccc3)nc(N3CCC(C)CC3)n2)c1. The summed E-state index contributed by atoms with van der Waals surface area (Å²) in [5.41, 5.74) is 3.47. The molecule has 1 saturated heterocycles. The second kappa shape index (κ2) is 8.43. The van der Waals surface area contributed by atoms with Crippen LogP contribution in [0, 0.1) is 5.92 Å². The van der Waals surface area contributed by atoms with Crippen LogP contribution in [0.1, 0.15) is 37.0 Å². The molecule has 0 atom stereocenters. The van der Waals surface area contributed by atoms with Gasteiger partial charge in [-0.1, -0.05) is 49.4 Å². The van der Waals surface area contributed by atoms with Crippen LogP contribution >= 0.6 is 0 Å². The summed E-state index contributed by atoms with van der Waals surface area (Å²) in [6.07, 6.45) is 2.31. The summed E-state index contributed by atoms with van der Waals surface area (Å²) in [5.74, 6) is 2.27. The van der Waals surface area contributed by atoms with Crippen LogP contribution in [0.15, 0.2) is 60.7 Å². The predicted molar refractivity (Wildman–Crippen MR) is 118 cm³/mol. The first-order valence-electron chi connectivity index (χ1n) is 10.2. The molecule has 1 N–H and O–H groups in total. The number of carbonyl (C=O) groups is 1. The first-order chi connectivity index (χ1) is 14.1. The fraction of sp³-hybridized carbons (Fsp3) is 0.292. The second-order valence-electron chi connectivity index (χ2n) is 7.74. The van der Waals surface area contributed by atoms with E-state index in [1.807, 2.05) is 48.5 Å². The van der Waals surface area contributed by atoms with Crippen molar-refractivity contribution in [2.24, 2.45) is 5.92 Å². The lowest BCUT2D eigenvalue weighted by atomic mass is 10.00. The lowest BCUT2D eigenvalue weighted by Gasteiger charge is -2.30. The fourth-order valence-electron chi connectivity index (χ4n) is 3.57. The van der Waals surface area contributed by atoms with E-state index in [9.17, 15) is 4.79 Å². The monoisotopic (exact) mass is 386 g/mol. The van der Waals surface area contributed by atoms with Gasteiger partial charge < -0.3 is 10.2 Å². The zero-order chi connectivity index (χ0) is 20.2. The van der Waals surface area contributed by atoms with Gasteiger partial charge in [-0.15, -0.1) is 0 Å². The van der Waals surface area contributed by atoms with E-state index >= 15 is 0 Å². The Morgan fingerprint density at radius 3 is 2.48 bits per heavy atom. The van der Waals surface area contributed by atoms with E-state index in [1.165, 1.54) is 0 Å². The van der Waals surface area contributed by atoms with E-state index in [2.05, 4.69) is 29.3 Å². The molecule has 0 saturated carbocycles. The third kappa shape index (κ3) is 4.62. The van der Waals surface area contributed by atoms with Crippen LogP contribution in [0.2, 0.25) is 0 Å². The van der Waals surface area contributed by atoms with Crippen molar-refractivity contribution in [1.29, 1.82) is 0 Å². The van der Waals surface area contributed by atoms with Crippen LogP contribution in [-0.2, 0) is 0 Å². The van der Waals surface area contributed by atoms with Gasteiger partial charge >= 0.3 is 0 Å². The number of rotatable bonds is 5. The first kappa shape index (κ1) is 19.1. The van der Waals surface area contributed by atoms with Crippen LogP contribution in [0.3, 0.4) is 0 Å². The quantitative estimate of drug-likeness (QED) is 0.601. The van der Waals surface area contributed by atoms with Gasteiger partial charge in [-0.25, -0.2) is 4.98 Å². The standard InChI is InChI=1S/C24H26N4O/c1-17-11-13-28(14-12-17)24-26-22(19-7-4-3-5-8-19)16-23(27-24)25-21-10-6-9-20(15-21)18(2)29/h3-10,15-17H,11-14H2,1-2H3,(H,25,26,27). The molecule has 29 heavy (non-hydrogen) atoms. The van der Waals surface area contributed by atoms with E-state index in [0.29, 0.717) is 5.56 Å². The molecule has 0 unspecified atom stereocenters. The molecule has 5 nitrogen and oxygen atoms in total. The summed E-state index contributed by atoms with van der Waals surface area (Å²) in [5, 5.41) is 3.37. The molecule has 148 valence electrons. The highest BCUT2D eigenvalue weighted by atomic mass is 16.1. The van der Waals surface area contributed by atoms with Crippen molar-refractivity contribution in [3.05, 3.63) is 66.2 Å². The number of nitrogens with one attached hydrogen (secondary N) is 1. The number of Topliss-reactive ketones (excluding diaryl/α,β-unsaturated/α-hetero) is 1. The molecule has 3 aromatic rings. The van der Waals surface area contributed by atoms with E-state index in [0.717, 1.165) is 60.6 Å². The van der Waals surface area contributed by atoms with Gasteiger partial charge in [0.2, 0.25) is 5.95 Å². The third-order valence-electron chi connectivity index (χ3n) is 5.39. The van der Waals surface area contributed by atoms with Crippen molar-refractivity contribution in [1.82, 2.24) is 9.97 Å². The van der Waals surface area contributed by atoms with Crippen molar-refractivity contribution >= 4 is 23.2 Å². The number of carbonyl (C=O) groups excluding carboxylic acids is 1. The fourth-order valence-corrected chi connectivity index (χ4v) is 3.57. The van der Waals surface area contributed by atoms with Gasteiger partial charge in [-0.3, -0.25) is 4.79 Å². The van der Waals surface area contributed by atoms with Crippen molar-refractivity contribution in [2.45, 2.75) is 26.7 Å². The summed E-state index contributed by atoms with van der Waals surface area (Å²) in [6, 6.07) is 19.6. The lowest BCUT2D eigenvalue weighted by molar-refractivity contribution is 0.101. The van der Waals surface area contributed by atoms with Crippen LogP contribution in [-0.4, -0.2) is 28.8 Å². The normalized spacial score (nSPS) is 14.6. The Hall–Kier alpha value is -3.21. The molecule has 4 rings (SSSR count). The van der Waals surface area contributed by atoms with Crippen LogP contribution in [0.25, 0.3) is 11.3 Å². The molecule has 0 radical (unpaired) electrons. The number of nitrogens with zero attached hydrogens (tertiary/aromatic N) is 3. The highest BCUT2D eigenvalue weighted by Gasteiger charge is 2.19. The number of hydrogen-bond donors (Lipinski definition) is 1. The van der Waals surface area contributed by atoms with Crippen molar-refractivity contribution in [3.63, 3.8) is 0 Å². The molecule has 1 aliphatic rings. The highest BCUT2D eigenvalue weighted by molar-refractivity contribution is 5.95. The van der Waals surface area contributed by atoms with E-state index in [1.54, 1.807) is 6.92 Å². The maximum atomic E-state index is 11.7. The Morgan fingerprint density at radius 1 is 1.00 bits per heavy atom. The van der Waals surface area contributed by atoms with E-state index in [-0.39, 0.29) is 5.78 Å². The Kier molecular flexibility index (Phi) is 5.56. The largest absolute Gasteiger partial charge is 0.341 e. The van der Waals surface area contributed by atoms with E-state index < -0.39 is 0 Å². The van der Waals surface area contributed by atoms with E-state index in [4.69, 9.17) is 9.97 Å². The summed E-state index contributed by atoms with van der Waals surface area (Å²) in [6.45, 7) is 5.82. The average molecular weight is 386 g/mol. The van der Waals surface area contributed by atoms with Crippen LogP contribution in [0.4, 0.5) is 17.5 Å². The smallest absolute Gasteiger partial charge is 0.227 e.